The molecule has 2 aromatic rings. The fraction of sp³-hybridized carbons (Fsp3) is 0.562. The number of hydrogen-bond acceptors (Lipinski definition) is 4. The van der Waals surface area contributed by atoms with Gasteiger partial charge in [-0.25, -0.2) is 4.68 Å². The number of para-hydroxylation sites is 1. The summed E-state index contributed by atoms with van der Waals surface area (Å²) in [7, 11) is 1.79. The van der Waals surface area contributed by atoms with E-state index in [4.69, 9.17) is 5.73 Å². The normalized spacial score (nSPS) is 17.3. The van der Waals surface area contributed by atoms with Crippen molar-refractivity contribution in [2.24, 2.45) is 12.8 Å². The number of nitrogens with zero attached hydrogens (tertiary/aromatic N) is 3. The highest BCUT2D eigenvalue weighted by atomic mass is 35.5. The molecule has 3 rings (SSSR count). The van der Waals surface area contributed by atoms with Crippen molar-refractivity contribution in [3.05, 3.63) is 23.8 Å². The second kappa shape index (κ2) is 7.27. The summed E-state index contributed by atoms with van der Waals surface area (Å²) < 4.78 is 1.63. The molecule has 0 aliphatic heterocycles. The molecule has 1 saturated carbocycles. The summed E-state index contributed by atoms with van der Waals surface area (Å²) in [5.41, 5.74) is 8.27. The molecular weight excluding hydrogens is 314 g/mol. The quantitative estimate of drug-likeness (QED) is 0.840. The first-order valence-corrected chi connectivity index (χ1v) is 7.95. The predicted molar refractivity (Wildman–Crippen MR) is 92.7 cm³/mol. The number of carbonyl (C=O) groups is 1. The van der Waals surface area contributed by atoms with Crippen LogP contribution in [0.1, 0.15) is 48.9 Å². The molecule has 1 aromatic carbocycles. The molecule has 1 fully saturated rings. The molecule has 1 aliphatic rings. The molecule has 1 amide bonds. The van der Waals surface area contributed by atoms with Gasteiger partial charge in [-0.15, -0.1) is 17.5 Å². The third kappa shape index (κ3) is 3.82. The van der Waals surface area contributed by atoms with Crippen LogP contribution < -0.4 is 11.1 Å². The lowest BCUT2D eigenvalue weighted by atomic mass is 9.91. The van der Waals surface area contributed by atoms with Crippen molar-refractivity contribution in [2.45, 2.75) is 44.1 Å². The SMILES string of the molecule is Cl.Cn1nnc2cccc(C(=O)NCC3(N)CCCCCC3)c21. The van der Waals surface area contributed by atoms with E-state index in [1.54, 1.807) is 17.8 Å². The fourth-order valence-electron chi connectivity index (χ4n) is 3.26. The molecule has 7 heteroatoms. The Hall–Kier alpha value is -1.66. The Kier molecular flexibility index (Phi) is 5.59. The number of nitrogens with one attached hydrogen (secondary N) is 1. The topological polar surface area (TPSA) is 85.8 Å². The number of benzene rings is 1. The van der Waals surface area contributed by atoms with Crippen LogP contribution in [0.5, 0.6) is 0 Å². The number of fused-ring (bicyclic) bond motifs is 1. The van der Waals surface area contributed by atoms with E-state index >= 15 is 0 Å². The molecule has 0 unspecified atom stereocenters. The number of halogens is 1. The molecule has 1 aromatic heterocycles. The average molecular weight is 338 g/mol. The lowest BCUT2D eigenvalue weighted by Crippen LogP contribution is -2.49. The van der Waals surface area contributed by atoms with E-state index < -0.39 is 0 Å². The van der Waals surface area contributed by atoms with Gasteiger partial charge in [-0.05, 0) is 25.0 Å². The highest BCUT2D eigenvalue weighted by Gasteiger charge is 2.27. The zero-order chi connectivity index (χ0) is 15.6. The lowest BCUT2D eigenvalue weighted by Gasteiger charge is -2.28. The minimum Gasteiger partial charge on any atom is -0.350 e. The number of amides is 1. The van der Waals surface area contributed by atoms with E-state index in [1.165, 1.54) is 12.8 Å². The Morgan fingerprint density at radius 1 is 1.30 bits per heavy atom. The molecule has 0 bridgehead atoms. The summed E-state index contributed by atoms with van der Waals surface area (Å²) in [6.07, 6.45) is 6.73. The van der Waals surface area contributed by atoms with Gasteiger partial charge in [0.15, 0.2) is 0 Å². The van der Waals surface area contributed by atoms with Crippen LogP contribution in [-0.4, -0.2) is 33.0 Å². The molecule has 23 heavy (non-hydrogen) atoms. The van der Waals surface area contributed by atoms with Gasteiger partial charge in [-0.3, -0.25) is 4.79 Å². The van der Waals surface area contributed by atoms with E-state index in [-0.39, 0.29) is 23.9 Å². The summed E-state index contributed by atoms with van der Waals surface area (Å²) in [5.74, 6) is -0.106. The highest BCUT2D eigenvalue weighted by molar-refractivity contribution is 6.04. The second-order valence-corrected chi connectivity index (χ2v) is 6.35. The van der Waals surface area contributed by atoms with Crippen LogP contribution in [0.15, 0.2) is 18.2 Å². The van der Waals surface area contributed by atoms with Crippen LogP contribution in [0.3, 0.4) is 0 Å². The van der Waals surface area contributed by atoms with Crippen LogP contribution in [0.2, 0.25) is 0 Å². The van der Waals surface area contributed by atoms with Crippen molar-refractivity contribution in [3.8, 4) is 0 Å². The smallest absolute Gasteiger partial charge is 0.253 e. The van der Waals surface area contributed by atoms with Crippen molar-refractivity contribution in [1.82, 2.24) is 20.3 Å². The molecular formula is C16H24ClN5O. The van der Waals surface area contributed by atoms with Crippen LogP contribution in [-0.2, 0) is 7.05 Å². The van der Waals surface area contributed by atoms with E-state index in [9.17, 15) is 4.79 Å². The Bertz CT molecular complexity index is 676. The molecule has 3 N–H and O–H groups in total. The zero-order valence-electron chi connectivity index (χ0n) is 13.4. The van der Waals surface area contributed by atoms with E-state index in [1.807, 2.05) is 12.1 Å². The fourth-order valence-corrected chi connectivity index (χ4v) is 3.26. The Labute approximate surface area is 142 Å². The van der Waals surface area contributed by atoms with Gasteiger partial charge in [0, 0.05) is 19.1 Å². The first kappa shape index (κ1) is 17.7. The number of nitrogens with two attached hydrogens (primary N) is 1. The molecule has 0 atom stereocenters. The zero-order valence-corrected chi connectivity index (χ0v) is 14.2. The van der Waals surface area contributed by atoms with Gasteiger partial charge < -0.3 is 11.1 Å². The largest absolute Gasteiger partial charge is 0.350 e. The first-order valence-electron chi connectivity index (χ1n) is 7.95. The molecule has 0 radical (unpaired) electrons. The summed E-state index contributed by atoms with van der Waals surface area (Å²) in [6, 6.07) is 5.49. The maximum atomic E-state index is 12.5. The minimum absolute atomic E-state index is 0. The van der Waals surface area contributed by atoms with E-state index in [0.29, 0.717) is 12.1 Å². The summed E-state index contributed by atoms with van der Waals surface area (Å²) >= 11 is 0. The van der Waals surface area contributed by atoms with Gasteiger partial charge in [0.1, 0.15) is 11.0 Å². The van der Waals surface area contributed by atoms with Gasteiger partial charge in [-0.2, -0.15) is 0 Å². The van der Waals surface area contributed by atoms with Gasteiger partial charge in [0.25, 0.3) is 5.91 Å². The van der Waals surface area contributed by atoms with Crippen LogP contribution in [0, 0.1) is 0 Å². The Balaban J connectivity index is 0.00000192. The van der Waals surface area contributed by atoms with Crippen molar-refractivity contribution in [2.75, 3.05) is 6.54 Å². The van der Waals surface area contributed by atoms with Gasteiger partial charge in [-0.1, -0.05) is 37.0 Å². The van der Waals surface area contributed by atoms with Crippen molar-refractivity contribution in [1.29, 1.82) is 0 Å². The first-order chi connectivity index (χ1) is 10.6. The van der Waals surface area contributed by atoms with Gasteiger partial charge in [0.2, 0.25) is 0 Å². The summed E-state index contributed by atoms with van der Waals surface area (Å²) in [5, 5.41) is 11.0. The van der Waals surface area contributed by atoms with Crippen LogP contribution in [0.25, 0.3) is 11.0 Å². The van der Waals surface area contributed by atoms with Crippen molar-refractivity contribution >= 4 is 29.3 Å². The molecule has 6 nitrogen and oxygen atoms in total. The number of aromatic nitrogens is 3. The Morgan fingerprint density at radius 3 is 2.70 bits per heavy atom. The maximum Gasteiger partial charge on any atom is 0.253 e. The third-order valence-electron chi connectivity index (χ3n) is 4.57. The van der Waals surface area contributed by atoms with Crippen LogP contribution >= 0.6 is 12.4 Å². The van der Waals surface area contributed by atoms with E-state index in [2.05, 4.69) is 15.6 Å². The van der Waals surface area contributed by atoms with Gasteiger partial charge in [0.05, 0.1) is 5.56 Å². The predicted octanol–water partition coefficient (Wildman–Crippen LogP) is 2.17. The third-order valence-corrected chi connectivity index (χ3v) is 4.57. The number of aryl methyl sites for hydroxylation is 1. The van der Waals surface area contributed by atoms with Crippen LogP contribution in [0.4, 0.5) is 0 Å². The molecule has 126 valence electrons. The standard InChI is InChI=1S/C16H23N5O.ClH/c1-21-14-12(7-6-8-13(14)19-20-21)15(22)18-11-16(17)9-4-2-3-5-10-16;/h6-8H,2-5,9-11,17H2,1H3,(H,18,22);1H. The summed E-state index contributed by atoms with van der Waals surface area (Å²) in [4.78, 5) is 12.5. The molecule has 1 aliphatic carbocycles. The number of rotatable bonds is 3. The monoisotopic (exact) mass is 337 g/mol. The van der Waals surface area contributed by atoms with Crippen molar-refractivity contribution < 1.29 is 4.79 Å². The maximum absolute atomic E-state index is 12.5. The average Bonchev–Trinajstić information content (AvgIpc) is 2.76. The van der Waals surface area contributed by atoms with Crippen molar-refractivity contribution in [3.63, 3.8) is 0 Å². The number of hydrogen-bond donors (Lipinski definition) is 2. The molecule has 0 saturated heterocycles. The molecule has 1 heterocycles. The second-order valence-electron chi connectivity index (χ2n) is 6.35. The minimum atomic E-state index is -0.273. The lowest BCUT2D eigenvalue weighted by molar-refractivity contribution is 0.0942. The highest BCUT2D eigenvalue weighted by Crippen LogP contribution is 2.24. The van der Waals surface area contributed by atoms with E-state index in [0.717, 1.165) is 36.7 Å². The van der Waals surface area contributed by atoms with Gasteiger partial charge >= 0.3 is 0 Å². The Morgan fingerprint density at radius 2 is 2.00 bits per heavy atom. The summed E-state index contributed by atoms with van der Waals surface area (Å²) in [6.45, 7) is 0.521. The number of carbonyl (C=O) groups excluding carboxylic acids is 1. The molecule has 0 spiro atoms.